The first-order valence-electron chi connectivity index (χ1n) is 10.4. The van der Waals surface area contributed by atoms with Crippen molar-refractivity contribution < 1.29 is 9.59 Å². The van der Waals surface area contributed by atoms with Crippen molar-refractivity contribution >= 4 is 22.6 Å². The maximum atomic E-state index is 12.3. The average molecular weight is 364 g/mol. The number of rotatable bonds is 5. The van der Waals surface area contributed by atoms with Crippen molar-refractivity contribution in [2.75, 3.05) is 0 Å². The summed E-state index contributed by atoms with van der Waals surface area (Å²) in [6, 6.07) is 8.56. The van der Waals surface area contributed by atoms with Crippen LogP contribution in [0, 0.1) is 0 Å². The molecular weight excluding hydrogens is 336 g/mol. The van der Waals surface area contributed by atoms with Crippen molar-refractivity contribution in [1.29, 1.82) is 0 Å². The zero-order valence-corrected chi connectivity index (χ0v) is 15.9. The van der Waals surface area contributed by atoms with Gasteiger partial charge in [0.15, 0.2) is 0 Å². The number of fused-ring (bicyclic) bond motifs is 2. The topological polar surface area (TPSA) is 59.1 Å². The number of hydrogen-bond donors (Lipinski definition) is 1. The molecule has 4 nitrogen and oxygen atoms in total. The fourth-order valence-corrected chi connectivity index (χ4v) is 4.61. The summed E-state index contributed by atoms with van der Waals surface area (Å²) in [5.74, 6) is 0.465. The second-order valence-corrected chi connectivity index (χ2v) is 8.00. The molecule has 0 unspecified atom stereocenters. The van der Waals surface area contributed by atoms with E-state index in [0.29, 0.717) is 25.3 Å². The van der Waals surface area contributed by atoms with Gasteiger partial charge in [-0.25, -0.2) is 0 Å². The molecule has 2 aliphatic carbocycles. The first-order valence-corrected chi connectivity index (χ1v) is 10.4. The number of carbonyl (C=O) groups is 2. The lowest BCUT2D eigenvalue weighted by atomic mass is 9.87. The SMILES string of the molecule is O=C1CCc2c(nc3ccccc3c2CCCC(=O)NC2CCCCC2)C1. The van der Waals surface area contributed by atoms with Gasteiger partial charge in [-0.3, -0.25) is 14.6 Å². The van der Waals surface area contributed by atoms with Crippen LogP contribution in [0.5, 0.6) is 0 Å². The maximum Gasteiger partial charge on any atom is 0.220 e. The Morgan fingerprint density at radius 3 is 2.78 bits per heavy atom. The zero-order chi connectivity index (χ0) is 18.6. The van der Waals surface area contributed by atoms with Crippen molar-refractivity contribution in [3.8, 4) is 0 Å². The molecule has 1 fully saturated rings. The van der Waals surface area contributed by atoms with Crippen LogP contribution < -0.4 is 5.32 Å². The van der Waals surface area contributed by atoms with Crippen molar-refractivity contribution in [3.05, 3.63) is 41.1 Å². The predicted molar refractivity (Wildman–Crippen MR) is 107 cm³/mol. The fourth-order valence-electron chi connectivity index (χ4n) is 4.61. The summed E-state index contributed by atoms with van der Waals surface area (Å²) in [4.78, 5) is 28.9. The minimum atomic E-state index is 0.185. The first-order chi connectivity index (χ1) is 13.2. The lowest BCUT2D eigenvalue weighted by Crippen LogP contribution is -2.36. The molecule has 1 saturated carbocycles. The summed E-state index contributed by atoms with van der Waals surface area (Å²) in [5, 5.41) is 4.39. The largest absolute Gasteiger partial charge is 0.353 e. The lowest BCUT2D eigenvalue weighted by Gasteiger charge is -2.23. The molecule has 27 heavy (non-hydrogen) atoms. The van der Waals surface area contributed by atoms with Crippen molar-refractivity contribution in [2.24, 2.45) is 0 Å². The van der Waals surface area contributed by atoms with Crippen LogP contribution in [0.1, 0.15) is 68.2 Å². The highest BCUT2D eigenvalue weighted by Gasteiger charge is 2.22. The molecule has 2 aliphatic rings. The smallest absolute Gasteiger partial charge is 0.220 e. The monoisotopic (exact) mass is 364 g/mol. The molecule has 1 N–H and O–H groups in total. The molecular formula is C23H28N2O2. The predicted octanol–water partition coefficient (Wildman–Crippen LogP) is 4.06. The Kier molecular flexibility index (Phi) is 5.51. The number of nitrogens with one attached hydrogen (secondary N) is 1. The van der Waals surface area contributed by atoms with E-state index < -0.39 is 0 Å². The molecule has 1 heterocycles. The highest BCUT2D eigenvalue weighted by Crippen LogP contribution is 2.29. The van der Waals surface area contributed by atoms with Crippen LogP contribution in [0.25, 0.3) is 10.9 Å². The molecule has 1 amide bonds. The van der Waals surface area contributed by atoms with Crippen molar-refractivity contribution in [3.63, 3.8) is 0 Å². The molecule has 142 valence electrons. The number of aromatic nitrogens is 1. The van der Waals surface area contributed by atoms with E-state index in [1.165, 1.54) is 35.8 Å². The van der Waals surface area contributed by atoms with E-state index in [1.807, 2.05) is 18.2 Å². The van der Waals surface area contributed by atoms with Crippen LogP contribution in [-0.2, 0) is 28.9 Å². The second-order valence-electron chi connectivity index (χ2n) is 8.00. The van der Waals surface area contributed by atoms with Gasteiger partial charge >= 0.3 is 0 Å². The molecule has 1 aromatic heterocycles. The fraction of sp³-hybridized carbons (Fsp3) is 0.522. The van der Waals surface area contributed by atoms with Gasteiger partial charge in [-0.1, -0.05) is 37.5 Å². The van der Waals surface area contributed by atoms with Gasteiger partial charge in [-0.15, -0.1) is 0 Å². The second kappa shape index (κ2) is 8.20. The number of pyridine rings is 1. The van der Waals surface area contributed by atoms with E-state index >= 15 is 0 Å². The van der Waals surface area contributed by atoms with Crippen molar-refractivity contribution in [2.45, 2.75) is 76.7 Å². The summed E-state index contributed by atoms with van der Waals surface area (Å²) < 4.78 is 0. The maximum absolute atomic E-state index is 12.3. The number of Topliss-reactive ketones (excluding diaryl/α,β-unsaturated/α-hetero) is 1. The Balaban J connectivity index is 1.46. The van der Waals surface area contributed by atoms with Gasteiger partial charge in [0.05, 0.1) is 11.2 Å². The molecule has 4 heteroatoms. The van der Waals surface area contributed by atoms with Gasteiger partial charge in [-0.05, 0) is 49.3 Å². The quantitative estimate of drug-likeness (QED) is 0.870. The Morgan fingerprint density at radius 2 is 1.93 bits per heavy atom. The minimum Gasteiger partial charge on any atom is -0.353 e. The van der Waals surface area contributed by atoms with E-state index in [4.69, 9.17) is 4.98 Å². The molecule has 0 spiro atoms. The van der Waals surface area contributed by atoms with Crippen LogP contribution in [0.4, 0.5) is 0 Å². The van der Waals surface area contributed by atoms with E-state index in [9.17, 15) is 9.59 Å². The van der Waals surface area contributed by atoms with E-state index in [1.54, 1.807) is 0 Å². The Hall–Kier alpha value is -2.23. The molecule has 2 aromatic rings. The van der Waals surface area contributed by atoms with Gasteiger partial charge in [0.25, 0.3) is 0 Å². The van der Waals surface area contributed by atoms with Gasteiger partial charge < -0.3 is 5.32 Å². The minimum absolute atomic E-state index is 0.185. The molecule has 0 aliphatic heterocycles. The number of nitrogens with zero attached hydrogens (tertiary/aromatic N) is 1. The van der Waals surface area contributed by atoms with Crippen LogP contribution in [0.3, 0.4) is 0 Å². The molecule has 0 bridgehead atoms. The van der Waals surface area contributed by atoms with E-state index in [-0.39, 0.29) is 11.7 Å². The summed E-state index contributed by atoms with van der Waals surface area (Å²) >= 11 is 0. The number of amides is 1. The van der Waals surface area contributed by atoms with Gasteiger partial charge in [0.2, 0.25) is 5.91 Å². The molecule has 0 saturated heterocycles. The normalized spacial score (nSPS) is 17.7. The van der Waals surface area contributed by atoms with Crippen LogP contribution in [-0.4, -0.2) is 22.7 Å². The number of carbonyl (C=O) groups excluding carboxylic acids is 2. The Morgan fingerprint density at radius 1 is 1.11 bits per heavy atom. The van der Waals surface area contributed by atoms with Crippen LogP contribution >= 0.6 is 0 Å². The van der Waals surface area contributed by atoms with Gasteiger partial charge in [-0.2, -0.15) is 0 Å². The summed E-state index contributed by atoms with van der Waals surface area (Å²) in [7, 11) is 0. The van der Waals surface area contributed by atoms with E-state index in [0.717, 1.165) is 43.3 Å². The standard InChI is InChI=1S/C23H28N2O2/c26-17-13-14-20-18(19-9-4-5-11-21(19)25-22(20)15-17)10-6-12-23(27)24-16-7-2-1-3-8-16/h4-5,9,11,16H,1-3,6-8,10,12-15H2,(H,24,27). The molecule has 1 aromatic carbocycles. The van der Waals surface area contributed by atoms with Gasteiger partial charge in [0.1, 0.15) is 5.78 Å². The van der Waals surface area contributed by atoms with Crippen LogP contribution in [0.15, 0.2) is 24.3 Å². The average Bonchev–Trinajstić information content (AvgIpc) is 2.68. The number of benzene rings is 1. The highest BCUT2D eigenvalue weighted by molar-refractivity contribution is 5.88. The third-order valence-corrected chi connectivity index (χ3v) is 6.02. The highest BCUT2D eigenvalue weighted by atomic mass is 16.1. The molecule has 0 radical (unpaired) electrons. The number of hydrogen-bond acceptors (Lipinski definition) is 3. The third kappa shape index (κ3) is 4.20. The summed E-state index contributed by atoms with van der Waals surface area (Å²) in [6.45, 7) is 0. The summed E-state index contributed by atoms with van der Waals surface area (Å²) in [6.07, 6.45) is 10.2. The number of para-hydroxylation sites is 1. The third-order valence-electron chi connectivity index (χ3n) is 6.02. The van der Waals surface area contributed by atoms with Gasteiger partial charge in [0, 0.05) is 30.7 Å². The number of aryl methyl sites for hydroxylation is 1. The lowest BCUT2D eigenvalue weighted by molar-refractivity contribution is -0.122. The number of ketones is 1. The Bertz CT molecular complexity index is 853. The molecule has 0 atom stereocenters. The van der Waals surface area contributed by atoms with Crippen molar-refractivity contribution in [1.82, 2.24) is 10.3 Å². The zero-order valence-electron chi connectivity index (χ0n) is 15.9. The summed E-state index contributed by atoms with van der Waals surface area (Å²) in [5.41, 5.74) is 4.47. The van der Waals surface area contributed by atoms with Crippen LogP contribution in [0.2, 0.25) is 0 Å². The Labute approximate surface area is 160 Å². The first kappa shape index (κ1) is 18.1. The molecule has 4 rings (SSSR count). The van der Waals surface area contributed by atoms with E-state index in [2.05, 4.69) is 11.4 Å².